The molecule has 114 valence electrons. The Morgan fingerprint density at radius 2 is 2.19 bits per heavy atom. The Morgan fingerprint density at radius 1 is 1.38 bits per heavy atom. The third-order valence-corrected chi connectivity index (χ3v) is 4.17. The first-order valence-electron chi connectivity index (χ1n) is 7.59. The fourth-order valence-corrected chi connectivity index (χ4v) is 2.95. The van der Waals surface area contributed by atoms with Gasteiger partial charge in [-0.1, -0.05) is 43.0 Å². The van der Waals surface area contributed by atoms with Gasteiger partial charge in [0, 0.05) is 29.2 Å². The van der Waals surface area contributed by atoms with Gasteiger partial charge in [-0.05, 0) is 31.0 Å². The maximum Gasteiger partial charge on any atom is 0.226 e. The molecule has 0 aromatic heterocycles. The summed E-state index contributed by atoms with van der Waals surface area (Å²) in [7, 11) is 0. The summed E-state index contributed by atoms with van der Waals surface area (Å²) < 4.78 is 0. The molecule has 1 heterocycles. The molecule has 0 spiro atoms. The number of amides is 1. The molecule has 1 aromatic rings. The average Bonchev–Trinajstić information content (AvgIpc) is 2.50. The fraction of sp³-hybridized carbons (Fsp3) is 0.562. The van der Waals surface area contributed by atoms with Crippen LogP contribution in [0.5, 0.6) is 0 Å². The monoisotopic (exact) mass is 308 g/mol. The third-order valence-electron chi connectivity index (χ3n) is 3.94. The molecule has 0 radical (unpaired) electrons. The van der Waals surface area contributed by atoms with Crippen LogP contribution in [0.25, 0.3) is 0 Å². The molecule has 0 saturated heterocycles. The van der Waals surface area contributed by atoms with Crippen molar-refractivity contribution in [2.24, 2.45) is 5.18 Å². The summed E-state index contributed by atoms with van der Waals surface area (Å²) in [6.07, 6.45) is 5.45. The number of carbonyl (C=O) groups is 1. The van der Waals surface area contributed by atoms with Gasteiger partial charge >= 0.3 is 0 Å². The van der Waals surface area contributed by atoms with Crippen molar-refractivity contribution in [3.8, 4) is 0 Å². The van der Waals surface area contributed by atoms with Gasteiger partial charge in [-0.2, -0.15) is 4.91 Å². The van der Waals surface area contributed by atoms with Crippen LogP contribution in [-0.4, -0.2) is 12.5 Å². The van der Waals surface area contributed by atoms with Crippen LogP contribution >= 0.6 is 11.6 Å². The lowest BCUT2D eigenvalue weighted by molar-refractivity contribution is -0.118. The molecule has 1 aromatic carbocycles. The van der Waals surface area contributed by atoms with E-state index in [0.29, 0.717) is 24.4 Å². The van der Waals surface area contributed by atoms with Gasteiger partial charge in [-0.15, -0.1) is 0 Å². The predicted octanol–water partition coefficient (Wildman–Crippen LogP) is 4.85. The molecule has 21 heavy (non-hydrogen) atoms. The summed E-state index contributed by atoms with van der Waals surface area (Å²) in [6.45, 7) is 2.71. The minimum atomic E-state index is -0.400. The molecule has 1 aliphatic rings. The van der Waals surface area contributed by atoms with E-state index in [4.69, 9.17) is 11.6 Å². The molecule has 0 saturated carbocycles. The molecule has 1 atom stereocenters. The number of rotatable bonds is 6. The minimum Gasteiger partial charge on any atom is -0.312 e. The number of nitroso groups, excluding NO2 is 1. The van der Waals surface area contributed by atoms with Crippen molar-refractivity contribution in [3.63, 3.8) is 0 Å². The van der Waals surface area contributed by atoms with Crippen molar-refractivity contribution in [3.05, 3.63) is 33.7 Å². The first-order chi connectivity index (χ1) is 10.2. The molecule has 1 unspecified atom stereocenters. The second-order valence-electron chi connectivity index (χ2n) is 5.47. The van der Waals surface area contributed by atoms with E-state index in [2.05, 4.69) is 12.1 Å². The molecule has 4 nitrogen and oxygen atoms in total. The Hall–Kier alpha value is -1.42. The molecule has 0 bridgehead atoms. The Morgan fingerprint density at radius 3 is 2.90 bits per heavy atom. The van der Waals surface area contributed by atoms with Gasteiger partial charge in [0.1, 0.15) is 6.04 Å². The van der Waals surface area contributed by atoms with E-state index in [1.807, 2.05) is 6.07 Å². The maximum atomic E-state index is 12.4. The van der Waals surface area contributed by atoms with Crippen molar-refractivity contribution >= 4 is 23.2 Å². The standard InChI is InChI=1S/C16H21ClN2O2/c1-2-3-4-5-6-16(20)19-10-9-14(18-21)13-11-12(17)7-8-15(13)19/h7-8,11,14H,2-6,9-10H2,1H3. The molecule has 5 heteroatoms. The predicted molar refractivity (Wildman–Crippen MR) is 85.7 cm³/mol. The number of halogens is 1. The third kappa shape index (κ3) is 3.82. The lowest BCUT2D eigenvalue weighted by Gasteiger charge is -2.32. The number of anilines is 1. The second-order valence-corrected chi connectivity index (χ2v) is 5.91. The number of carbonyl (C=O) groups excluding carboxylic acids is 1. The Labute approximate surface area is 130 Å². The Kier molecular flexibility index (Phi) is 5.74. The van der Waals surface area contributed by atoms with Crippen LogP contribution in [0.1, 0.15) is 57.1 Å². The number of fused-ring (bicyclic) bond motifs is 1. The maximum absolute atomic E-state index is 12.4. The highest BCUT2D eigenvalue weighted by molar-refractivity contribution is 6.30. The summed E-state index contributed by atoms with van der Waals surface area (Å²) in [5.41, 5.74) is 1.56. The summed E-state index contributed by atoms with van der Waals surface area (Å²) in [4.78, 5) is 25.1. The first kappa shape index (κ1) is 16.0. The van der Waals surface area contributed by atoms with Gasteiger partial charge in [0.25, 0.3) is 0 Å². The van der Waals surface area contributed by atoms with Crippen molar-refractivity contribution in [1.82, 2.24) is 0 Å². The zero-order valence-electron chi connectivity index (χ0n) is 12.3. The highest BCUT2D eigenvalue weighted by atomic mass is 35.5. The molecule has 1 amide bonds. The zero-order valence-corrected chi connectivity index (χ0v) is 13.1. The summed E-state index contributed by atoms with van der Waals surface area (Å²) in [6, 6.07) is 4.92. The van der Waals surface area contributed by atoms with Crippen LogP contribution in [0.15, 0.2) is 23.4 Å². The average molecular weight is 309 g/mol. The number of nitrogens with zero attached hydrogens (tertiary/aromatic N) is 2. The molecular formula is C16H21ClN2O2. The van der Waals surface area contributed by atoms with Crippen molar-refractivity contribution < 1.29 is 4.79 Å². The van der Waals surface area contributed by atoms with E-state index >= 15 is 0 Å². The second kappa shape index (κ2) is 7.55. The topological polar surface area (TPSA) is 49.7 Å². The fourth-order valence-electron chi connectivity index (χ4n) is 2.77. The van der Waals surface area contributed by atoms with E-state index in [1.165, 1.54) is 0 Å². The Bertz CT molecular complexity index is 519. The van der Waals surface area contributed by atoms with Crippen LogP contribution in [-0.2, 0) is 4.79 Å². The molecule has 0 N–H and O–H groups in total. The quantitative estimate of drug-likeness (QED) is 0.557. The van der Waals surface area contributed by atoms with E-state index in [1.54, 1.807) is 17.0 Å². The SMILES string of the molecule is CCCCCCC(=O)N1CCC(N=O)c2cc(Cl)ccc21. The largest absolute Gasteiger partial charge is 0.312 e. The van der Waals surface area contributed by atoms with Crippen LogP contribution < -0.4 is 4.90 Å². The minimum absolute atomic E-state index is 0.124. The van der Waals surface area contributed by atoms with Gasteiger partial charge < -0.3 is 4.90 Å². The van der Waals surface area contributed by atoms with Crippen LogP contribution in [0.2, 0.25) is 5.02 Å². The van der Waals surface area contributed by atoms with Gasteiger partial charge in [0.2, 0.25) is 5.91 Å². The highest BCUT2D eigenvalue weighted by Gasteiger charge is 2.29. The van der Waals surface area contributed by atoms with Crippen molar-refractivity contribution in [2.75, 3.05) is 11.4 Å². The molecule has 0 fully saturated rings. The van der Waals surface area contributed by atoms with E-state index in [-0.39, 0.29) is 5.91 Å². The summed E-state index contributed by atoms with van der Waals surface area (Å²) in [5.74, 6) is 0.124. The molecular weight excluding hydrogens is 288 g/mol. The first-order valence-corrected chi connectivity index (χ1v) is 7.97. The van der Waals surface area contributed by atoms with Crippen LogP contribution in [0, 0.1) is 4.91 Å². The smallest absolute Gasteiger partial charge is 0.226 e. The summed E-state index contributed by atoms with van der Waals surface area (Å²) >= 11 is 6.00. The van der Waals surface area contributed by atoms with Crippen molar-refractivity contribution in [1.29, 1.82) is 0 Å². The summed E-state index contributed by atoms with van der Waals surface area (Å²) in [5, 5.41) is 3.73. The number of hydrogen-bond acceptors (Lipinski definition) is 3. The lowest BCUT2D eigenvalue weighted by Crippen LogP contribution is -2.36. The Balaban J connectivity index is 2.12. The number of unbranched alkanes of at least 4 members (excludes halogenated alkanes) is 3. The number of hydrogen-bond donors (Lipinski definition) is 0. The van der Waals surface area contributed by atoms with E-state index in [0.717, 1.165) is 36.9 Å². The van der Waals surface area contributed by atoms with Gasteiger partial charge in [-0.25, -0.2) is 0 Å². The zero-order chi connectivity index (χ0) is 15.2. The molecule has 2 rings (SSSR count). The van der Waals surface area contributed by atoms with Gasteiger partial charge in [0.15, 0.2) is 0 Å². The normalized spacial score (nSPS) is 17.4. The van der Waals surface area contributed by atoms with E-state index in [9.17, 15) is 9.70 Å². The molecule has 0 aliphatic carbocycles. The lowest BCUT2D eigenvalue weighted by atomic mass is 9.96. The van der Waals surface area contributed by atoms with Gasteiger partial charge in [0.05, 0.1) is 0 Å². The number of benzene rings is 1. The van der Waals surface area contributed by atoms with E-state index < -0.39 is 6.04 Å². The van der Waals surface area contributed by atoms with Gasteiger partial charge in [-0.3, -0.25) is 4.79 Å². The van der Waals surface area contributed by atoms with Crippen LogP contribution in [0.4, 0.5) is 5.69 Å². The molecule has 1 aliphatic heterocycles. The van der Waals surface area contributed by atoms with Crippen molar-refractivity contribution in [2.45, 2.75) is 51.5 Å². The highest BCUT2D eigenvalue weighted by Crippen LogP contribution is 2.38. The van der Waals surface area contributed by atoms with Crippen LogP contribution in [0.3, 0.4) is 0 Å².